The Hall–Kier alpha value is -0.790. The third-order valence-electron chi connectivity index (χ3n) is 2.48. The van der Waals surface area contributed by atoms with Gasteiger partial charge in [-0.05, 0) is 40.5 Å². The van der Waals surface area contributed by atoms with Crippen LogP contribution in [0.15, 0.2) is 12.2 Å². The SMILES string of the molecule is C=C(CCCC)C(=O)N(C(C)C)C(C)C. The molecule has 0 aromatic rings. The van der Waals surface area contributed by atoms with E-state index in [-0.39, 0.29) is 18.0 Å². The molecule has 0 saturated carbocycles. The van der Waals surface area contributed by atoms with Gasteiger partial charge in [-0.2, -0.15) is 0 Å². The lowest BCUT2D eigenvalue weighted by molar-refractivity contribution is -0.130. The lowest BCUT2D eigenvalue weighted by Gasteiger charge is -2.31. The molecule has 0 unspecified atom stereocenters. The quantitative estimate of drug-likeness (QED) is 0.617. The normalized spacial score (nSPS) is 10.9. The molecular formula is C13H25NO. The second-order valence-corrected chi connectivity index (χ2v) is 4.61. The second-order valence-electron chi connectivity index (χ2n) is 4.61. The summed E-state index contributed by atoms with van der Waals surface area (Å²) in [6.07, 6.45) is 2.98. The minimum atomic E-state index is 0.119. The van der Waals surface area contributed by atoms with Crippen LogP contribution in [0.2, 0.25) is 0 Å². The molecule has 0 bridgehead atoms. The zero-order valence-electron chi connectivity index (χ0n) is 10.8. The molecule has 0 heterocycles. The summed E-state index contributed by atoms with van der Waals surface area (Å²) in [5.41, 5.74) is 0.749. The van der Waals surface area contributed by atoms with Crippen LogP contribution in [0, 0.1) is 0 Å². The smallest absolute Gasteiger partial charge is 0.249 e. The van der Waals surface area contributed by atoms with Crippen molar-refractivity contribution in [3.63, 3.8) is 0 Å². The van der Waals surface area contributed by atoms with E-state index in [1.165, 1.54) is 0 Å². The molecule has 88 valence electrons. The fourth-order valence-electron chi connectivity index (χ4n) is 1.74. The van der Waals surface area contributed by atoms with Gasteiger partial charge in [0.1, 0.15) is 0 Å². The molecule has 0 radical (unpaired) electrons. The van der Waals surface area contributed by atoms with Crippen LogP contribution >= 0.6 is 0 Å². The lowest BCUT2D eigenvalue weighted by Crippen LogP contribution is -2.42. The van der Waals surface area contributed by atoms with E-state index in [2.05, 4.69) is 13.5 Å². The van der Waals surface area contributed by atoms with Gasteiger partial charge in [-0.15, -0.1) is 0 Å². The van der Waals surface area contributed by atoms with E-state index in [0.717, 1.165) is 24.8 Å². The fraction of sp³-hybridized carbons (Fsp3) is 0.769. The minimum Gasteiger partial charge on any atom is -0.334 e. The number of rotatable bonds is 6. The summed E-state index contributed by atoms with van der Waals surface area (Å²) in [4.78, 5) is 14.0. The summed E-state index contributed by atoms with van der Waals surface area (Å²) >= 11 is 0. The highest BCUT2D eigenvalue weighted by Crippen LogP contribution is 2.14. The van der Waals surface area contributed by atoms with Crippen molar-refractivity contribution in [1.29, 1.82) is 0 Å². The monoisotopic (exact) mass is 211 g/mol. The van der Waals surface area contributed by atoms with Crippen LogP contribution < -0.4 is 0 Å². The first kappa shape index (κ1) is 14.2. The molecule has 0 atom stereocenters. The van der Waals surface area contributed by atoms with Gasteiger partial charge in [-0.3, -0.25) is 4.79 Å². The average Bonchev–Trinajstić information content (AvgIpc) is 2.12. The van der Waals surface area contributed by atoms with Gasteiger partial charge in [0.05, 0.1) is 0 Å². The Morgan fingerprint density at radius 3 is 2.00 bits per heavy atom. The van der Waals surface area contributed by atoms with Crippen molar-refractivity contribution in [2.75, 3.05) is 0 Å². The van der Waals surface area contributed by atoms with Crippen molar-refractivity contribution in [2.45, 2.75) is 66.0 Å². The van der Waals surface area contributed by atoms with Crippen molar-refractivity contribution < 1.29 is 4.79 Å². The van der Waals surface area contributed by atoms with E-state index < -0.39 is 0 Å². The molecule has 0 aliphatic carbocycles. The minimum absolute atomic E-state index is 0.119. The number of hydrogen-bond donors (Lipinski definition) is 0. The molecule has 0 rings (SSSR count). The zero-order valence-corrected chi connectivity index (χ0v) is 10.8. The highest BCUT2D eigenvalue weighted by Gasteiger charge is 2.21. The largest absolute Gasteiger partial charge is 0.334 e. The van der Waals surface area contributed by atoms with E-state index in [1.807, 2.05) is 32.6 Å². The Bertz CT molecular complexity index is 211. The molecule has 0 spiro atoms. The van der Waals surface area contributed by atoms with Crippen LogP contribution in [0.1, 0.15) is 53.9 Å². The van der Waals surface area contributed by atoms with Crippen molar-refractivity contribution in [3.8, 4) is 0 Å². The van der Waals surface area contributed by atoms with Gasteiger partial charge in [-0.1, -0.05) is 19.9 Å². The van der Waals surface area contributed by atoms with E-state index in [4.69, 9.17) is 0 Å². The van der Waals surface area contributed by atoms with Gasteiger partial charge in [0.25, 0.3) is 0 Å². The number of unbranched alkanes of at least 4 members (excludes halogenated alkanes) is 1. The van der Waals surface area contributed by atoms with Crippen molar-refractivity contribution in [3.05, 3.63) is 12.2 Å². The molecule has 2 heteroatoms. The van der Waals surface area contributed by atoms with Gasteiger partial charge in [0, 0.05) is 17.7 Å². The Morgan fingerprint density at radius 2 is 1.67 bits per heavy atom. The Morgan fingerprint density at radius 1 is 1.20 bits per heavy atom. The standard InChI is InChI=1S/C13H25NO/c1-7-8-9-12(6)13(15)14(10(2)3)11(4)5/h10-11H,6-9H2,1-5H3. The number of carbonyl (C=O) groups is 1. The van der Waals surface area contributed by atoms with Crippen LogP contribution in [0.4, 0.5) is 0 Å². The molecule has 0 aromatic carbocycles. The van der Waals surface area contributed by atoms with Crippen molar-refractivity contribution in [2.24, 2.45) is 0 Å². The van der Waals surface area contributed by atoms with Crippen molar-refractivity contribution in [1.82, 2.24) is 4.90 Å². The van der Waals surface area contributed by atoms with Gasteiger partial charge in [-0.25, -0.2) is 0 Å². The van der Waals surface area contributed by atoms with E-state index in [1.54, 1.807) is 0 Å². The average molecular weight is 211 g/mol. The van der Waals surface area contributed by atoms with Crippen LogP contribution in [0.5, 0.6) is 0 Å². The van der Waals surface area contributed by atoms with E-state index >= 15 is 0 Å². The fourth-order valence-corrected chi connectivity index (χ4v) is 1.74. The van der Waals surface area contributed by atoms with Gasteiger partial charge in [0.15, 0.2) is 0 Å². The predicted octanol–water partition coefficient (Wildman–Crippen LogP) is 3.38. The molecule has 0 aliphatic rings. The van der Waals surface area contributed by atoms with Crippen LogP contribution in [0.25, 0.3) is 0 Å². The molecule has 0 aliphatic heterocycles. The number of hydrogen-bond acceptors (Lipinski definition) is 1. The second kappa shape index (κ2) is 6.65. The molecule has 0 fully saturated rings. The Kier molecular flexibility index (Phi) is 6.30. The van der Waals surface area contributed by atoms with Crippen molar-refractivity contribution >= 4 is 5.91 Å². The summed E-state index contributed by atoms with van der Waals surface area (Å²) in [7, 11) is 0. The highest BCUT2D eigenvalue weighted by molar-refractivity contribution is 5.93. The third-order valence-corrected chi connectivity index (χ3v) is 2.48. The summed E-state index contributed by atoms with van der Waals surface area (Å²) in [6, 6.07) is 0.492. The maximum Gasteiger partial charge on any atom is 0.249 e. The topological polar surface area (TPSA) is 20.3 Å². The first-order valence-corrected chi connectivity index (χ1v) is 5.92. The summed E-state index contributed by atoms with van der Waals surface area (Å²) in [6.45, 7) is 14.2. The number of amides is 1. The summed E-state index contributed by atoms with van der Waals surface area (Å²) in [5.74, 6) is 0.119. The van der Waals surface area contributed by atoms with Crippen LogP contribution in [-0.4, -0.2) is 22.9 Å². The first-order chi connectivity index (χ1) is 6.91. The van der Waals surface area contributed by atoms with Crippen LogP contribution in [-0.2, 0) is 4.79 Å². The van der Waals surface area contributed by atoms with E-state index in [9.17, 15) is 4.79 Å². The first-order valence-electron chi connectivity index (χ1n) is 5.92. The van der Waals surface area contributed by atoms with Gasteiger partial charge < -0.3 is 4.90 Å². The molecule has 0 aromatic heterocycles. The van der Waals surface area contributed by atoms with Gasteiger partial charge in [0.2, 0.25) is 5.91 Å². The highest BCUT2D eigenvalue weighted by atomic mass is 16.2. The summed E-state index contributed by atoms with van der Waals surface area (Å²) in [5, 5.41) is 0. The molecule has 1 amide bonds. The number of nitrogens with zero attached hydrogens (tertiary/aromatic N) is 1. The van der Waals surface area contributed by atoms with Gasteiger partial charge >= 0.3 is 0 Å². The molecule has 2 nitrogen and oxygen atoms in total. The zero-order chi connectivity index (χ0) is 12.0. The maximum atomic E-state index is 12.1. The lowest BCUT2D eigenvalue weighted by atomic mass is 10.1. The number of carbonyl (C=O) groups excluding carboxylic acids is 1. The van der Waals surface area contributed by atoms with Crippen LogP contribution in [0.3, 0.4) is 0 Å². The molecule has 0 saturated heterocycles. The molecule has 0 N–H and O–H groups in total. The van der Waals surface area contributed by atoms with E-state index in [0.29, 0.717) is 0 Å². The third kappa shape index (κ3) is 4.50. The summed E-state index contributed by atoms with van der Waals surface area (Å²) < 4.78 is 0. The maximum absolute atomic E-state index is 12.1. The molecular weight excluding hydrogens is 186 g/mol. The Labute approximate surface area is 94.4 Å². The Balaban J connectivity index is 4.44. The molecule has 15 heavy (non-hydrogen) atoms. The predicted molar refractivity (Wildman–Crippen MR) is 65.8 cm³/mol.